The number of nitrogens with one attached hydrogen (secondary N) is 1. The van der Waals surface area contributed by atoms with E-state index in [9.17, 15) is 5.11 Å². The highest BCUT2D eigenvalue weighted by atomic mass is 16.5. The molecule has 162 valence electrons. The van der Waals surface area contributed by atoms with Gasteiger partial charge in [-0.2, -0.15) is 5.10 Å². The normalized spacial score (nSPS) is 11.1. The summed E-state index contributed by atoms with van der Waals surface area (Å²) in [4.78, 5) is 0. The van der Waals surface area contributed by atoms with Crippen molar-refractivity contribution >= 4 is 23.1 Å². The van der Waals surface area contributed by atoms with Crippen LogP contribution in [0.4, 0.5) is 0 Å². The minimum atomic E-state index is 0.0980. The summed E-state index contributed by atoms with van der Waals surface area (Å²) in [6.07, 6.45) is 5.58. The molecule has 0 bridgehead atoms. The van der Waals surface area contributed by atoms with E-state index in [1.54, 1.807) is 26.4 Å². The Labute approximate surface area is 186 Å². The second-order valence-electron chi connectivity index (χ2n) is 7.10. The maximum Gasteiger partial charge on any atom is 0.162 e. The maximum atomic E-state index is 10.0. The zero-order valence-electron chi connectivity index (χ0n) is 18.0. The Bertz CT molecular complexity index is 1290. The monoisotopic (exact) mass is 428 g/mol. The van der Waals surface area contributed by atoms with Gasteiger partial charge in [0.25, 0.3) is 0 Å². The number of hydrogen-bond acceptors (Lipinski definition) is 5. The number of aromatic amines is 1. The molecule has 2 N–H and O–H groups in total. The standard InChI is InChI=1S/C26H24N2O4/c1-4-13-32-25-16-19(8-11-23(25)29)18-7-9-20-21(27-28-22(20)15-18)10-5-17-6-12-24(30-2)26(14-17)31-3/h4-12,14-16,29H,1,13H2,2-3H3,(H,27,28)/b10-5+. The average molecular weight is 428 g/mol. The Balaban J connectivity index is 1.61. The van der Waals surface area contributed by atoms with Gasteiger partial charge in [0.1, 0.15) is 6.61 Å². The van der Waals surface area contributed by atoms with Gasteiger partial charge in [-0.15, -0.1) is 0 Å². The van der Waals surface area contributed by atoms with E-state index in [0.29, 0.717) is 23.9 Å². The first-order valence-electron chi connectivity index (χ1n) is 10.1. The van der Waals surface area contributed by atoms with Crippen LogP contribution in [0.1, 0.15) is 11.3 Å². The molecule has 0 spiro atoms. The number of benzene rings is 3. The third-order valence-electron chi connectivity index (χ3n) is 5.08. The molecule has 6 nitrogen and oxygen atoms in total. The van der Waals surface area contributed by atoms with E-state index in [0.717, 1.165) is 33.3 Å². The number of ether oxygens (including phenoxy) is 3. The number of hydrogen-bond donors (Lipinski definition) is 2. The second kappa shape index (κ2) is 9.31. The number of H-pyrrole nitrogens is 1. The van der Waals surface area contributed by atoms with Gasteiger partial charge in [0.05, 0.1) is 25.4 Å². The summed E-state index contributed by atoms with van der Waals surface area (Å²) in [6, 6.07) is 17.1. The highest BCUT2D eigenvalue weighted by molar-refractivity contribution is 5.92. The third kappa shape index (κ3) is 4.30. The van der Waals surface area contributed by atoms with Gasteiger partial charge in [0, 0.05) is 5.39 Å². The molecular weight excluding hydrogens is 404 g/mol. The number of fused-ring (bicyclic) bond motifs is 1. The highest BCUT2D eigenvalue weighted by Crippen LogP contribution is 2.33. The van der Waals surface area contributed by atoms with E-state index in [1.807, 2.05) is 60.7 Å². The lowest BCUT2D eigenvalue weighted by Gasteiger charge is -2.09. The van der Waals surface area contributed by atoms with Crippen LogP contribution in [0.25, 0.3) is 34.2 Å². The van der Waals surface area contributed by atoms with Gasteiger partial charge >= 0.3 is 0 Å². The Morgan fingerprint density at radius 2 is 1.69 bits per heavy atom. The minimum Gasteiger partial charge on any atom is -0.504 e. The Kier molecular flexibility index (Phi) is 6.12. The van der Waals surface area contributed by atoms with E-state index < -0.39 is 0 Å². The fraction of sp³-hybridized carbons (Fsp3) is 0.115. The van der Waals surface area contributed by atoms with Crippen LogP contribution < -0.4 is 14.2 Å². The number of aromatic nitrogens is 2. The van der Waals surface area contributed by atoms with E-state index in [2.05, 4.69) is 16.8 Å². The van der Waals surface area contributed by atoms with Crippen LogP contribution in [0.5, 0.6) is 23.0 Å². The molecule has 4 aromatic rings. The largest absolute Gasteiger partial charge is 0.504 e. The fourth-order valence-electron chi connectivity index (χ4n) is 3.44. The van der Waals surface area contributed by atoms with Gasteiger partial charge < -0.3 is 19.3 Å². The van der Waals surface area contributed by atoms with Crippen LogP contribution in [0.15, 0.2) is 67.3 Å². The van der Waals surface area contributed by atoms with Crippen LogP contribution in [0.2, 0.25) is 0 Å². The summed E-state index contributed by atoms with van der Waals surface area (Å²) < 4.78 is 16.2. The van der Waals surface area contributed by atoms with Crippen molar-refractivity contribution in [2.75, 3.05) is 20.8 Å². The smallest absolute Gasteiger partial charge is 0.162 e. The molecule has 1 aromatic heterocycles. The van der Waals surface area contributed by atoms with Crippen LogP contribution in [-0.4, -0.2) is 36.1 Å². The molecule has 0 amide bonds. The Morgan fingerprint density at radius 1 is 0.906 bits per heavy atom. The summed E-state index contributed by atoms with van der Waals surface area (Å²) >= 11 is 0. The predicted molar refractivity (Wildman–Crippen MR) is 127 cm³/mol. The quantitative estimate of drug-likeness (QED) is 0.353. The van der Waals surface area contributed by atoms with Gasteiger partial charge in [-0.25, -0.2) is 0 Å². The lowest BCUT2D eigenvalue weighted by atomic mass is 10.0. The van der Waals surface area contributed by atoms with Crippen molar-refractivity contribution in [1.29, 1.82) is 0 Å². The van der Waals surface area contributed by atoms with E-state index in [4.69, 9.17) is 14.2 Å². The number of aromatic hydroxyl groups is 1. The van der Waals surface area contributed by atoms with Gasteiger partial charge in [0.2, 0.25) is 0 Å². The van der Waals surface area contributed by atoms with E-state index >= 15 is 0 Å². The van der Waals surface area contributed by atoms with Crippen molar-refractivity contribution in [3.8, 4) is 34.1 Å². The number of rotatable bonds is 8. The van der Waals surface area contributed by atoms with E-state index in [-0.39, 0.29) is 5.75 Å². The number of phenolic OH excluding ortho intramolecular Hbond substituents is 1. The Morgan fingerprint density at radius 3 is 2.47 bits per heavy atom. The molecule has 0 aliphatic rings. The fourth-order valence-corrected chi connectivity index (χ4v) is 3.44. The molecule has 0 atom stereocenters. The number of phenols is 1. The molecule has 0 radical (unpaired) electrons. The van der Waals surface area contributed by atoms with Crippen molar-refractivity contribution in [3.63, 3.8) is 0 Å². The van der Waals surface area contributed by atoms with Crippen LogP contribution in [0.3, 0.4) is 0 Å². The lowest BCUT2D eigenvalue weighted by molar-refractivity contribution is 0.336. The van der Waals surface area contributed by atoms with Crippen LogP contribution in [0, 0.1) is 0 Å². The van der Waals surface area contributed by atoms with Crippen molar-refractivity contribution in [3.05, 3.63) is 78.5 Å². The first kappa shape index (κ1) is 21.1. The lowest BCUT2D eigenvalue weighted by Crippen LogP contribution is -1.93. The molecule has 32 heavy (non-hydrogen) atoms. The molecule has 6 heteroatoms. The SMILES string of the molecule is C=CCOc1cc(-c2ccc3c(/C=C/c4ccc(OC)c(OC)c4)n[nH]c3c2)ccc1O. The summed E-state index contributed by atoms with van der Waals surface area (Å²) in [6.45, 7) is 3.96. The number of methoxy groups -OCH3 is 2. The molecule has 1 heterocycles. The summed E-state index contributed by atoms with van der Waals surface area (Å²) in [5, 5.41) is 18.6. The summed E-state index contributed by atoms with van der Waals surface area (Å²) in [5.41, 5.74) is 4.64. The first-order chi connectivity index (χ1) is 15.6. The van der Waals surface area contributed by atoms with E-state index in [1.165, 1.54) is 0 Å². The van der Waals surface area contributed by atoms with Gasteiger partial charge in [0.15, 0.2) is 23.0 Å². The van der Waals surface area contributed by atoms with Gasteiger partial charge in [-0.05, 0) is 59.2 Å². The third-order valence-corrected chi connectivity index (χ3v) is 5.08. The second-order valence-corrected chi connectivity index (χ2v) is 7.10. The molecule has 4 rings (SSSR count). The molecule has 0 saturated heterocycles. The van der Waals surface area contributed by atoms with Crippen LogP contribution in [-0.2, 0) is 0 Å². The molecule has 0 saturated carbocycles. The predicted octanol–water partition coefficient (Wildman–Crippen LogP) is 5.69. The molecule has 0 aliphatic carbocycles. The average Bonchev–Trinajstić information content (AvgIpc) is 3.24. The van der Waals surface area contributed by atoms with Gasteiger partial charge in [-0.3, -0.25) is 5.10 Å². The molecular formula is C26H24N2O4. The van der Waals surface area contributed by atoms with Crippen molar-refractivity contribution in [1.82, 2.24) is 10.2 Å². The topological polar surface area (TPSA) is 76.6 Å². The van der Waals surface area contributed by atoms with Crippen molar-refractivity contribution in [2.24, 2.45) is 0 Å². The van der Waals surface area contributed by atoms with Crippen molar-refractivity contribution in [2.45, 2.75) is 0 Å². The van der Waals surface area contributed by atoms with Crippen LogP contribution >= 0.6 is 0 Å². The molecule has 0 unspecified atom stereocenters. The minimum absolute atomic E-state index is 0.0980. The van der Waals surface area contributed by atoms with Gasteiger partial charge in [-0.1, -0.05) is 36.9 Å². The van der Waals surface area contributed by atoms with Crippen molar-refractivity contribution < 1.29 is 19.3 Å². The maximum absolute atomic E-state index is 10.0. The molecule has 0 aliphatic heterocycles. The molecule has 3 aromatic carbocycles. The Hall–Kier alpha value is -4.19. The zero-order valence-corrected chi connectivity index (χ0v) is 18.0. The summed E-state index contributed by atoms with van der Waals surface area (Å²) in [7, 11) is 3.23. The summed E-state index contributed by atoms with van der Waals surface area (Å²) in [5.74, 6) is 1.89. The first-order valence-corrected chi connectivity index (χ1v) is 10.1. The highest BCUT2D eigenvalue weighted by Gasteiger charge is 2.09. The number of nitrogens with zero attached hydrogens (tertiary/aromatic N) is 1. The zero-order chi connectivity index (χ0) is 22.5. The molecule has 0 fully saturated rings.